The first-order valence-corrected chi connectivity index (χ1v) is 13.0. The summed E-state index contributed by atoms with van der Waals surface area (Å²) < 4.78 is 32.8. The third-order valence-electron chi connectivity index (χ3n) is 6.32. The molecule has 1 aliphatic heterocycles. The van der Waals surface area contributed by atoms with Gasteiger partial charge in [-0.05, 0) is 45.6 Å². The van der Waals surface area contributed by atoms with Gasteiger partial charge in [0.2, 0.25) is 15.9 Å². The summed E-state index contributed by atoms with van der Waals surface area (Å²) in [4.78, 5) is 14.9. The SMILES string of the molecule is Cc1noc(C)c1S(=O)(=O)N1CCCC(C(=O)N(C)CCCc2cc(-c3ccccc3)n[nH]2)C1. The Morgan fingerprint density at radius 3 is 2.74 bits per heavy atom. The van der Waals surface area contributed by atoms with E-state index < -0.39 is 10.0 Å². The summed E-state index contributed by atoms with van der Waals surface area (Å²) in [7, 11) is -1.97. The van der Waals surface area contributed by atoms with Gasteiger partial charge in [-0.15, -0.1) is 0 Å². The fourth-order valence-electron chi connectivity index (χ4n) is 4.51. The molecule has 1 aliphatic rings. The number of carbonyl (C=O) groups excluding carboxylic acids is 1. The molecule has 0 saturated carbocycles. The molecular formula is C24H31N5O4S. The molecule has 1 amide bonds. The Bertz CT molecular complexity index is 1220. The van der Waals surface area contributed by atoms with E-state index in [2.05, 4.69) is 15.4 Å². The molecule has 2 aromatic heterocycles. The zero-order valence-corrected chi connectivity index (χ0v) is 20.6. The lowest BCUT2D eigenvalue weighted by atomic mass is 9.98. The molecule has 4 rings (SSSR count). The fourth-order valence-corrected chi connectivity index (χ4v) is 6.32. The van der Waals surface area contributed by atoms with Crippen molar-refractivity contribution in [2.24, 2.45) is 5.92 Å². The highest BCUT2D eigenvalue weighted by Gasteiger charge is 2.37. The molecule has 0 spiro atoms. The molecule has 3 heterocycles. The summed E-state index contributed by atoms with van der Waals surface area (Å²) in [5, 5.41) is 11.2. The van der Waals surface area contributed by atoms with Crippen molar-refractivity contribution in [3.05, 3.63) is 53.5 Å². The number of amides is 1. The second-order valence-corrected chi connectivity index (χ2v) is 10.7. The number of carbonyl (C=O) groups is 1. The molecule has 1 fully saturated rings. The molecule has 0 radical (unpaired) electrons. The number of piperidine rings is 1. The van der Waals surface area contributed by atoms with Gasteiger partial charge in [0, 0.05) is 37.9 Å². The van der Waals surface area contributed by atoms with Gasteiger partial charge in [0.25, 0.3) is 0 Å². The molecule has 9 nitrogen and oxygen atoms in total. The molecule has 3 aromatic rings. The van der Waals surface area contributed by atoms with Crippen LogP contribution in [0.2, 0.25) is 0 Å². The molecule has 1 atom stereocenters. The minimum atomic E-state index is -3.75. The van der Waals surface area contributed by atoms with Crippen LogP contribution in [-0.2, 0) is 21.2 Å². The normalized spacial score (nSPS) is 17.1. The quantitative estimate of drug-likeness (QED) is 0.524. The number of H-pyrrole nitrogens is 1. The Hall–Kier alpha value is -2.98. The number of nitrogens with zero attached hydrogens (tertiary/aromatic N) is 4. The Morgan fingerprint density at radius 1 is 1.26 bits per heavy atom. The van der Waals surface area contributed by atoms with Crippen LogP contribution in [0.4, 0.5) is 0 Å². The molecule has 1 unspecified atom stereocenters. The van der Waals surface area contributed by atoms with Gasteiger partial charge < -0.3 is 9.42 Å². The number of nitrogens with one attached hydrogen (secondary N) is 1. The lowest BCUT2D eigenvalue weighted by molar-refractivity contribution is -0.135. The number of aryl methyl sites for hydroxylation is 3. The number of benzene rings is 1. The van der Waals surface area contributed by atoms with Crippen LogP contribution in [0.5, 0.6) is 0 Å². The molecule has 1 aromatic carbocycles. The van der Waals surface area contributed by atoms with Crippen LogP contribution in [0.25, 0.3) is 11.3 Å². The molecule has 34 heavy (non-hydrogen) atoms. The lowest BCUT2D eigenvalue weighted by Gasteiger charge is -2.33. The first-order valence-electron chi connectivity index (χ1n) is 11.5. The van der Waals surface area contributed by atoms with Crippen LogP contribution < -0.4 is 0 Å². The second kappa shape index (κ2) is 10.1. The van der Waals surface area contributed by atoms with Gasteiger partial charge in [0.1, 0.15) is 10.6 Å². The van der Waals surface area contributed by atoms with E-state index in [1.807, 2.05) is 36.4 Å². The predicted octanol–water partition coefficient (Wildman–Crippen LogP) is 3.17. The number of sulfonamides is 1. The van der Waals surface area contributed by atoms with Gasteiger partial charge in [-0.2, -0.15) is 9.40 Å². The van der Waals surface area contributed by atoms with Gasteiger partial charge in [0.05, 0.1) is 11.6 Å². The third-order valence-corrected chi connectivity index (χ3v) is 8.43. The Kier molecular flexibility index (Phi) is 7.18. The van der Waals surface area contributed by atoms with Crippen LogP contribution in [0.15, 0.2) is 45.8 Å². The monoisotopic (exact) mass is 485 g/mol. The highest BCUT2D eigenvalue weighted by atomic mass is 32.2. The number of aromatic amines is 1. The lowest BCUT2D eigenvalue weighted by Crippen LogP contribution is -2.46. The second-order valence-electron chi connectivity index (χ2n) is 8.86. The molecule has 10 heteroatoms. The first-order chi connectivity index (χ1) is 16.3. The summed E-state index contributed by atoms with van der Waals surface area (Å²) in [6.45, 7) is 4.37. The van der Waals surface area contributed by atoms with Crippen LogP contribution in [0, 0.1) is 19.8 Å². The van der Waals surface area contributed by atoms with Crippen LogP contribution in [-0.4, -0.2) is 65.6 Å². The van der Waals surface area contributed by atoms with E-state index in [0.717, 1.165) is 29.8 Å². The highest BCUT2D eigenvalue weighted by molar-refractivity contribution is 7.89. The summed E-state index contributed by atoms with van der Waals surface area (Å²) in [6, 6.07) is 12.0. The van der Waals surface area contributed by atoms with E-state index in [9.17, 15) is 13.2 Å². The molecule has 1 saturated heterocycles. The Labute approximate surface area is 200 Å². The van der Waals surface area contributed by atoms with Crippen molar-refractivity contribution in [1.29, 1.82) is 0 Å². The Balaban J connectivity index is 1.32. The fraction of sp³-hybridized carbons (Fsp3) is 0.458. The van der Waals surface area contributed by atoms with Crippen LogP contribution in [0.1, 0.15) is 36.4 Å². The predicted molar refractivity (Wildman–Crippen MR) is 127 cm³/mol. The molecule has 0 aliphatic carbocycles. The number of aromatic nitrogens is 3. The van der Waals surface area contributed by atoms with E-state index in [0.29, 0.717) is 31.6 Å². The van der Waals surface area contributed by atoms with Crippen LogP contribution in [0.3, 0.4) is 0 Å². The summed E-state index contributed by atoms with van der Waals surface area (Å²) >= 11 is 0. The summed E-state index contributed by atoms with van der Waals surface area (Å²) in [6.07, 6.45) is 2.88. The number of hydrogen-bond acceptors (Lipinski definition) is 6. The number of rotatable bonds is 8. The average Bonchev–Trinajstić information content (AvgIpc) is 3.45. The summed E-state index contributed by atoms with van der Waals surface area (Å²) in [5.41, 5.74) is 3.33. The van der Waals surface area contributed by atoms with Gasteiger partial charge in [-0.1, -0.05) is 35.5 Å². The van der Waals surface area contributed by atoms with E-state index in [1.165, 1.54) is 4.31 Å². The molecular weight excluding hydrogens is 454 g/mol. The largest absolute Gasteiger partial charge is 0.360 e. The van der Waals surface area contributed by atoms with Crippen LogP contribution >= 0.6 is 0 Å². The zero-order chi connectivity index (χ0) is 24.3. The van der Waals surface area contributed by atoms with Crippen molar-refractivity contribution in [2.75, 3.05) is 26.7 Å². The van der Waals surface area contributed by atoms with Gasteiger partial charge in [-0.3, -0.25) is 9.89 Å². The highest BCUT2D eigenvalue weighted by Crippen LogP contribution is 2.28. The first kappa shape index (κ1) is 24.2. The van der Waals surface area contributed by atoms with Crippen molar-refractivity contribution in [3.8, 4) is 11.3 Å². The van der Waals surface area contributed by atoms with Crippen molar-refractivity contribution in [2.45, 2.75) is 44.4 Å². The van der Waals surface area contributed by atoms with Crippen molar-refractivity contribution in [3.63, 3.8) is 0 Å². The van der Waals surface area contributed by atoms with Gasteiger partial charge in [-0.25, -0.2) is 8.42 Å². The Morgan fingerprint density at radius 2 is 2.03 bits per heavy atom. The smallest absolute Gasteiger partial charge is 0.248 e. The van der Waals surface area contributed by atoms with Gasteiger partial charge >= 0.3 is 0 Å². The number of hydrogen-bond donors (Lipinski definition) is 1. The maximum Gasteiger partial charge on any atom is 0.248 e. The van der Waals surface area contributed by atoms with E-state index in [1.54, 1.807) is 25.8 Å². The topological polar surface area (TPSA) is 112 Å². The average molecular weight is 486 g/mol. The zero-order valence-electron chi connectivity index (χ0n) is 19.8. The minimum Gasteiger partial charge on any atom is -0.360 e. The standard InChI is InChI=1S/C24H31N5O4S/c1-17-23(18(2)33-27-17)34(31,32)29-14-7-11-20(16-29)24(30)28(3)13-8-12-21-15-22(26-25-21)19-9-5-4-6-10-19/h4-6,9-10,15,20H,7-8,11-14,16H2,1-3H3,(H,25,26). The van der Waals surface area contributed by atoms with E-state index in [4.69, 9.17) is 4.52 Å². The van der Waals surface area contributed by atoms with Crippen molar-refractivity contribution < 1.29 is 17.7 Å². The van der Waals surface area contributed by atoms with Crippen molar-refractivity contribution >= 4 is 15.9 Å². The van der Waals surface area contributed by atoms with E-state index in [-0.39, 0.29) is 29.0 Å². The summed E-state index contributed by atoms with van der Waals surface area (Å²) in [5.74, 6) is -0.101. The van der Waals surface area contributed by atoms with Gasteiger partial charge in [0.15, 0.2) is 5.76 Å². The maximum absolute atomic E-state index is 13.2. The minimum absolute atomic E-state index is 0.0201. The van der Waals surface area contributed by atoms with Crippen molar-refractivity contribution in [1.82, 2.24) is 24.6 Å². The molecule has 182 valence electrons. The third kappa shape index (κ3) is 5.07. The molecule has 0 bridgehead atoms. The maximum atomic E-state index is 13.2. The molecule has 1 N–H and O–H groups in total. The van der Waals surface area contributed by atoms with E-state index >= 15 is 0 Å².